The Hall–Kier alpha value is -2.36. The van der Waals surface area contributed by atoms with Gasteiger partial charge in [0.05, 0.1) is 6.42 Å². The number of nitrogens with zero attached hydrogens (tertiary/aromatic N) is 1. The lowest BCUT2D eigenvalue weighted by Gasteiger charge is -2.15. The molecule has 120 valence electrons. The maximum atomic E-state index is 11.5. The van der Waals surface area contributed by atoms with E-state index < -0.39 is 36.4 Å². The van der Waals surface area contributed by atoms with E-state index in [0.717, 1.165) is 0 Å². The number of hydrogen-bond donors (Lipinski definition) is 6. The Balaban J connectivity index is 4.19. The number of carbonyl (C=O) groups is 3. The number of carbonyl (C=O) groups excluding carboxylic acids is 1. The van der Waals surface area contributed by atoms with Crippen LogP contribution in [0.25, 0.3) is 0 Å². The highest BCUT2D eigenvalue weighted by atomic mass is 16.4. The van der Waals surface area contributed by atoms with Crippen LogP contribution in [0.3, 0.4) is 0 Å². The highest BCUT2D eigenvalue weighted by Gasteiger charge is 2.22. The van der Waals surface area contributed by atoms with Gasteiger partial charge in [0.15, 0.2) is 5.96 Å². The predicted octanol–water partition coefficient (Wildman–Crippen LogP) is -2.20. The number of nitrogens with one attached hydrogen (secondary N) is 1. The van der Waals surface area contributed by atoms with E-state index in [2.05, 4.69) is 10.3 Å². The van der Waals surface area contributed by atoms with Crippen molar-refractivity contribution in [3.05, 3.63) is 0 Å². The van der Waals surface area contributed by atoms with Crippen molar-refractivity contribution in [2.45, 2.75) is 37.8 Å². The summed E-state index contributed by atoms with van der Waals surface area (Å²) in [5.41, 5.74) is 15.5. The number of hydrogen-bond acceptors (Lipinski definition) is 5. The molecule has 1 amide bonds. The van der Waals surface area contributed by atoms with Crippen molar-refractivity contribution < 1.29 is 24.6 Å². The average molecular weight is 303 g/mol. The van der Waals surface area contributed by atoms with Crippen LogP contribution in [-0.4, -0.2) is 52.6 Å². The Morgan fingerprint density at radius 2 is 1.71 bits per heavy atom. The third-order valence-corrected chi connectivity index (χ3v) is 2.55. The second kappa shape index (κ2) is 9.53. The zero-order valence-electron chi connectivity index (χ0n) is 11.5. The number of guanidine groups is 1. The summed E-state index contributed by atoms with van der Waals surface area (Å²) in [5, 5.41) is 19.8. The SMILES string of the molecule is NC(N)=NCCCC[C@H](NC(=O)C[C@H](N)C(=O)O)C(=O)O. The Bertz CT molecular complexity index is 408. The van der Waals surface area contributed by atoms with E-state index >= 15 is 0 Å². The molecule has 0 fully saturated rings. The van der Waals surface area contributed by atoms with Gasteiger partial charge >= 0.3 is 11.9 Å². The van der Waals surface area contributed by atoms with Crippen LogP contribution in [0.2, 0.25) is 0 Å². The number of carboxylic acid groups (broad SMARTS) is 2. The van der Waals surface area contributed by atoms with Gasteiger partial charge in [0.25, 0.3) is 0 Å². The zero-order valence-corrected chi connectivity index (χ0v) is 11.5. The molecule has 21 heavy (non-hydrogen) atoms. The monoisotopic (exact) mass is 303 g/mol. The fourth-order valence-electron chi connectivity index (χ4n) is 1.47. The van der Waals surface area contributed by atoms with Crippen molar-refractivity contribution in [2.24, 2.45) is 22.2 Å². The number of nitrogens with two attached hydrogens (primary N) is 3. The average Bonchev–Trinajstić information content (AvgIpc) is 2.35. The van der Waals surface area contributed by atoms with Gasteiger partial charge in [-0.25, -0.2) is 4.79 Å². The number of carboxylic acids is 2. The van der Waals surface area contributed by atoms with Gasteiger partial charge in [-0.3, -0.25) is 14.6 Å². The number of aliphatic carboxylic acids is 2. The summed E-state index contributed by atoms with van der Waals surface area (Å²) in [7, 11) is 0. The van der Waals surface area contributed by atoms with Crippen LogP contribution in [0.4, 0.5) is 0 Å². The van der Waals surface area contributed by atoms with Gasteiger partial charge in [0, 0.05) is 6.54 Å². The number of aliphatic imine (C=N–C) groups is 1. The molecule has 0 saturated carbocycles. The van der Waals surface area contributed by atoms with Crippen molar-refractivity contribution in [2.75, 3.05) is 6.54 Å². The molecule has 0 bridgehead atoms. The van der Waals surface area contributed by atoms with Crippen LogP contribution in [0, 0.1) is 0 Å². The second-order valence-corrected chi connectivity index (χ2v) is 4.41. The molecule has 0 unspecified atom stereocenters. The van der Waals surface area contributed by atoms with Gasteiger partial charge in [-0.1, -0.05) is 0 Å². The van der Waals surface area contributed by atoms with Crippen LogP contribution in [0.5, 0.6) is 0 Å². The Morgan fingerprint density at radius 1 is 1.10 bits per heavy atom. The van der Waals surface area contributed by atoms with Crippen LogP contribution in [0.15, 0.2) is 4.99 Å². The Labute approximate surface area is 121 Å². The van der Waals surface area contributed by atoms with E-state index in [0.29, 0.717) is 19.4 Å². The van der Waals surface area contributed by atoms with Crippen molar-refractivity contribution in [1.82, 2.24) is 5.32 Å². The van der Waals surface area contributed by atoms with Gasteiger partial charge in [-0.2, -0.15) is 0 Å². The van der Waals surface area contributed by atoms with E-state index in [-0.39, 0.29) is 12.4 Å². The summed E-state index contributed by atoms with van der Waals surface area (Å²) in [5.74, 6) is -3.29. The molecule has 0 saturated heterocycles. The predicted molar refractivity (Wildman–Crippen MR) is 74.3 cm³/mol. The Morgan fingerprint density at radius 3 is 2.19 bits per heavy atom. The van der Waals surface area contributed by atoms with Crippen LogP contribution >= 0.6 is 0 Å². The molecule has 0 aliphatic heterocycles. The van der Waals surface area contributed by atoms with Crippen molar-refractivity contribution in [3.63, 3.8) is 0 Å². The van der Waals surface area contributed by atoms with Crippen molar-refractivity contribution in [1.29, 1.82) is 0 Å². The molecule has 0 aromatic carbocycles. The smallest absolute Gasteiger partial charge is 0.326 e. The molecule has 0 heterocycles. The van der Waals surface area contributed by atoms with Gasteiger partial charge in [-0.15, -0.1) is 0 Å². The van der Waals surface area contributed by atoms with Crippen LogP contribution in [0.1, 0.15) is 25.7 Å². The molecule has 0 aromatic heterocycles. The van der Waals surface area contributed by atoms with Gasteiger partial charge in [-0.05, 0) is 19.3 Å². The van der Waals surface area contributed by atoms with Crippen LogP contribution < -0.4 is 22.5 Å². The van der Waals surface area contributed by atoms with E-state index in [9.17, 15) is 14.4 Å². The highest BCUT2D eigenvalue weighted by Crippen LogP contribution is 2.03. The number of amides is 1. The molecule has 2 atom stereocenters. The molecule has 10 nitrogen and oxygen atoms in total. The summed E-state index contributed by atoms with van der Waals surface area (Å²) in [4.78, 5) is 36.7. The molecule has 0 radical (unpaired) electrons. The lowest BCUT2D eigenvalue weighted by molar-refractivity contribution is -0.143. The molecule has 9 N–H and O–H groups in total. The quantitative estimate of drug-likeness (QED) is 0.148. The fraction of sp³-hybridized carbons (Fsp3) is 0.636. The largest absolute Gasteiger partial charge is 0.480 e. The topological polar surface area (TPSA) is 194 Å². The summed E-state index contributed by atoms with van der Waals surface area (Å²) in [6.07, 6.45) is 0.752. The third-order valence-electron chi connectivity index (χ3n) is 2.55. The minimum atomic E-state index is -1.36. The lowest BCUT2D eigenvalue weighted by Crippen LogP contribution is -2.44. The van der Waals surface area contributed by atoms with Crippen molar-refractivity contribution in [3.8, 4) is 0 Å². The van der Waals surface area contributed by atoms with E-state index in [1.807, 2.05) is 0 Å². The first-order valence-corrected chi connectivity index (χ1v) is 6.30. The molecule has 0 aliphatic carbocycles. The zero-order chi connectivity index (χ0) is 16.4. The van der Waals surface area contributed by atoms with Gasteiger partial charge in [0.1, 0.15) is 12.1 Å². The van der Waals surface area contributed by atoms with E-state index in [1.165, 1.54) is 0 Å². The second-order valence-electron chi connectivity index (χ2n) is 4.41. The standard InChI is InChI=1S/C11H21N5O5/c12-6(9(18)19)5-8(17)16-7(10(20)21)3-1-2-4-15-11(13)14/h6-7H,1-5,12H2,(H,16,17)(H,18,19)(H,20,21)(H4,13,14,15)/t6-,7-/m0/s1. The van der Waals surface area contributed by atoms with E-state index in [4.69, 9.17) is 27.4 Å². The minimum absolute atomic E-state index is 0.0410. The molecule has 0 spiro atoms. The lowest BCUT2D eigenvalue weighted by atomic mass is 10.1. The molecule has 0 rings (SSSR count). The first-order chi connectivity index (χ1) is 9.73. The summed E-state index contributed by atoms with van der Waals surface area (Å²) < 4.78 is 0. The van der Waals surface area contributed by atoms with Gasteiger partial charge < -0.3 is 32.7 Å². The molecule has 0 aliphatic rings. The summed E-state index contributed by atoms with van der Waals surface area (Å²) in [6, 6.07) is -2.46. The Kier molecular flexibility index (Phi) is 8.46. The first-order valence-electron chi connectivity index (χ1n) is 6.30. The number of unbranched alkanes of at least 4 members (excludes halogenated alkanes) is 1. The minimum Gasteiger partial charge on any atom is -0.480 e. The summed E-state index contributed by atoms with van der Waals surface area (Å²) >= 11 is 0. The van der Waals surface area contributed by atoms with Crippen LogP contribution in [-0.2, 0) is 14.4 Å². The highest BCUT2D eigenvalue weighted by molar-refractivity contribution is 5.87. The summed E-state index contributed by atoms with van der Waals surface area (Å²) in [6.45, 7) is 0.368. The maximum Gasteiger partial charge on any atom is 0.326 e. The third kappa shape index (κ3) is 9.21. The first kappa shape index (κ1) is 18.6. The normalized spacial score (nSPS) is 13.0. The molecular weight excluding hydrogens is 282 g/mol. The van der Waals surface area contributed by atoms with E-state index in [1.54, 1.807) is 0 Å². The molecule has 0 aromatic rings. The molecule has 10 heteroatoms. The number of rotatable bonds is 10. The maximum absolute atomic E-state index is 11.5. The molecular formula is C11H21N5O5. The fourth-order valence-corrected chi connectivity index (χ4v) is 1.47. The van der Waals surface area contributed by atoms with Crippen molar-refractivity contribution >= 4 is 23.8 Å². The van der Waals surface area contributed by atoms with Gasteiger partial charge in [0.2, 0.25) is 5.91 Å².